The van der Waals surface area contributed by atoms with Crippen molar-refractivity contribution in [3.05, 3.63) is 60.2 Å². The average molecular weight is 294 g/mol. The summed E-state index contributed by atoms with van der Waals surface area (Å²) in [4.78, 5) is 25.8. The Labute approximate surface area is 129 Å². The van der Waals surface area contributed by atoms with Crippen molar-refractivity contribution >= 4 is 11.8 Å². The first-order valence-corrected chi connectivity index (χ1v) is 7.41. The summed E-state index contributed by atoms with van der Waals surface area (Å²) < 4.78 is 0. The fourth-order valence-corrected chi connectivity index (χ4v) is 2.66. The van der Waals surface area contributed by atoms with Gasteiger partial charge in [-0.2, -0.15) is 0 Å². The van der Waals surface area contributed by atoms with Crippen LogP contribution in [0.15, 0.2) is 54.6 Å². The number of carbonyl (C=O) groups is 2. The van der Waals surface area contributed by atoms with Crippen LogP contribution < -0.4 is 5.32 Å². The van der Waals surface area contributed by atoms with Crippen molar-refractivity contribution in [2.75, 3.05) is 13.1 Å². The Balaban J connectivity index is 1.81. The summed E-state index contributed by atoms with van der Waals surface area (Å²) in [6.45, 7) is 2.81. The second kappa shape index (κ2) is 6.02. The molecule has 1 heterocycles. The van der Waals surface area contributed by atoms with Crippen molar-refractivity contribution < 1.29 is 9.59 Å². The zero-order valence-corrected chi connectivity index (χ0v) is 12.5. The lowest BCUT2D eigenvalue weighted by molar-refractivity contribution is -0.127. The fourth-order valence-electron chi connectivity index (χ4n) is 2.66. The van der Waals surface area contributed by atoms with Gasteiger partial charge in [-0.15, -0.1) is 0 Å². The van der Waals surface area contributed by atoms with E-state index in [9.17, 15) is 9.59 Å². The highest BCUT2D eigenvalue weighted by Gasteiger charge is 2.29. The highest BCUT2D eigenvalue weighted by atomic mass is 16.2. The van der Waals surface area contributed by atoms with Crippen LogP contribution in [0.25, 0.3) is 11.1 Å². The van der Waals surface area contributed by atoms with Crippen molar-refractivity contribution in [1.82, 2.24) is 10.2 Å². The molecule has 1 fully saturated rings. The molecular formula is C18H18N2O2. The monoisotopic (exact) mass is 294 g/mol. The molecule has 4 heteroatoms. The van der Waals surface area contributed by atoms with Gasteiger partial charge in [0.2, 0.25) is 5.91 Å². The van der Waals surface area contributed by atoms with Crippen molar-refractivity contribution in [2.45, 2.75) is 13.0 Å². The molecular weight excluding hydrogens is 276 g/mol. The first-order valence-electron chi connectivity index (χ1n) is 7.41. The van der Waals surface area contributed by atoms with Gasteiger partial charge in [-0.3, -0.25) is 9.59 Å². The molecule has 22 heavy (non-hydrogen) atoms. The number of rotatable bonds is 2. The van der Waals surface area contributed by atoms with Crippen molar-refractivity contribution in [1.29, 1.82) is 0 Å². The summed E-state index contributed by atoms with van der Waals surface area (Å²) in [5.74, 6) is -0.192. The molecule has 0 aromatic heterocycles. The molecule has 0 saturated carbocycles. The van der Waals surface area contributed by atoms with Crippen LogP contribution in [0.3, 0.4) is 0 Å². The number of carbonyl (C=O) groups excluding carboxylic acids is 2. The van der Waals surface area contributed by atoms with Gasteiger partial charge < -0.3 is 10.2 Å². The Bertz CT molecular complexity index is 680. The SMILES string of the molecule is CC1C(=O)NCCN1C(=O)c1ccc(-c2ccccc2)cc1. The minimum absolute atomic E-state index is 0.0954. The number of hydrogen-bond acceptors (Lipinski definition) is 2. The van der Waals surface area contributed by atoms with Gasteiger partial charge in [0.15, 0.2) is 0 Å². The van der Waals surface area contributed by atoms with Crippen LogP contribution in [0.2, 0.25) is 0 Å². The second-order valence-electron chi connectivity index (χ2n) is 5.41. The van der Waals surface area contributed by atoms with Gasteiger partial charge in [-0.1, -0.05) is 42.5 Å². The van der Waals surface area contributed by atoms with Crippen LogP contribution in [-0.2, 0) is 4.79 Å². The largest absolute Gasteiger partial charge is 0.353 e. The number of nitrogens with one attached hydrogen (secondary N) is 1. The van der Waals surface area contributed by atoms with E-state index in [1.165, 1.54) is 0 Å². The molecule has 112 valence electrons. The number of benzene rings is 2. The molecule has 0 aliphatic carbocycles. The maximum absolute atomic E-state index is 12.5. The smallest absolute Gasteiger partial charge is 0.254 e. The number of nitrogens with zero attached hydrogens (tertiary/aromatic N) is 1. The molecule has 1 N–H and O–H groups in total. The Morgan fingerprint density at radius 3 is 2.36 bits per heavy atom. The van der Waals surface area contributed by atoms with E-state index in [1.807, 2.05) is 54.6 Å². The van der Waals surface area contributed by atoms with Crippen LogP contribution in [0.1, 0.15) is 17.3 Å². The van der Waals surface area contributed by atoms with Gasteiger partial charge in [0.25, 0.3) is 5.91 Å². The topological polar surface area (TPSA) is 49.4 Å². The first-order chi connectivity index (χ1) is 10.7. The molecule has 2 amide bonds. The van der Waals surface area contributed by atoms with Crippen LogP contribution in [0.4, 0.5) is 0 Å². The number of hydrogen-bond donors (Lipinski definition) is 1. The minimum Gasteiger partial charge on any atom is -0.353 e. The van der Waals surface area contributed by atoms with E-state index in [4.69, 9.17) is 0 Å². The summed E-state index contributed by atoms with van der Waals surface area (Å²) in [5.41, 5.74) is 2.80. The van der Waals surface area contributed by atoms with E-state index in [0.29, 0.717) is 18.7 Å². The van der Waals surface area contributed by atoms with Crippen molar-refractivity contribution in [3.8, 4) is 11.1 Å². The lowest BCUT2D eigenvalue weighted by Crippen LogP contribution is -2.55. The fraction of sp³-hybridized carbons (Fsp3) is 0.222. The van der Waals surface area contributed by atoms with E-state index in [1.54, 1.807) is 11.8 Å². The highest BCUT2D eigenvalue weighted by Crippen LogP contribution is 2.20. The summed E-state index contributed by atoms with van der Waals surface area (Å²) in [6.07, 6.45) is 0. The van der Waals surface area contributed by atoms with Gasteiger partial charge in [0.1, 0.15) is 6.04 Å². The molecule has 1 atom stereocenters. The van der Waals surface area contributed by atoms with E-state index in [-0.39, 0.29) is 11.8 Å². The van der Waals surface area contributed by atoms with E-state index in [0.717, 1.165) is 11.1 Å². The molecule has 1 saturated heterocycles. The van der Waals surface area contributed by atoms with Crippen LogP contribution in [-0.4, -0.2) is 35.8 Å². The molecule has 4 nitrogen and oxygen atoms in total. The summed E-state index contributed by atoms with van der Waals surface area (Å²) >= 11 is 0. The van der Waals surface area contributed by atoms with Gasteiger partial charge >= 0.3 is 0 Å². The molecule has 3 rings (SSSR count). The molecule has 0 radical (unpaired) electrons. The third kappa shape index (κ3) is 2.72. The average Bonchev–Trinajstić information content (AvgIpc) is 2.58. The molecule has 2 aromatic carbocycles. The summed E-state index contributed by atoms with van der Waals surface area (Å²) in [7, 11) is 0. The lowest BCUT2D eigenvalue weighted by atomic mass is 10.0. The van der Waals surface area contributed by atoms with E-state index in [2.05, 4.69) is 5.32 Å². The third-order valence-corrected chi connectivity index (χ3v) is 4.00. The first kappa shape index (κ1) is 14.3. The maximum atomic E-state index is 12.5. The molecule has 1 unspecified atom stereocenters. The van der Waals surface area contributed by atoms with Gasteiger partial charge in [0, 0.05) is 18.7 Å². The third-order valence-electron chi connectivity index (χ3n) is 4.00. The zero-order chi connectivity index (χ0) is 15.5. The Kier molecular flexibility index (Phi) is 3.92. The number of piperazine rings is 1. The van der Waals surface area contributed by atoms with Crippen molar-refractivity contribution in [2.24, 2.45) is 0 Å². The molecule has 0 bridgehead atoms. The Morgan fingerprint density at radius 2 is 1.68 bits per heavy atom. The predicted molar refractivity (Wildman–Crippen MR) is 85.4 cm³/mol. The quantitative estimate of drug-likeness (QED) is 0.924. The van der Waals surface area contributed by atoms with Gasteiger partial charge in [-0.05, 0) is 30.2 Å². The Hall–Kier alpha value is -2.62. The van der Waals surface area contributed by atoms with Gasteiger partial charge in [-0.25, -0.2) is 0 Å². The molecule has 2 aromatic rings. The van der Waals surface area contributed by atoms with Crippen LogP contribution >= 0.6 is 0 Å². The van der Waals surface area contributed by atoms with Crippen LogP contribution in [0, 0.1) is 0 Å². The molecule has 0 spiro atoms. The maximum Gasteiger partial charge on any atom is 0.254 e. The van der Waals surface area contributed by atoms with Gasteiger partial charge in [0.05, 0.1) is 0 Å². The Morgan fingerprint density at radius 1 is 1.05 bits per heavy atom. The van der Waals surface area contributed by atoms with Crippen LogP contribution in [0.5, 0.6) is 0 Å². The zero-order valence-electron chi connectivity index (χ0n) is 12.5. The second-order valence-corrected chi connectivity index (χ2v) is 5.41. The molecule has 1 aliphatic heterocycles. The normalized spacial score (nSPS) is 18.0. The summed E-state index contributed by atoms with van der Waals surface area (Å²) in [6, 6.07) is 17.1. The van der Waals surface area contributed by atoms with E-state index >= 15 is 0 Å². The standard InChI is InChI=1S/C18H18N2O2/c1-13-17(21)19-11-12-20(13)18(22)16-9-7-15(8-10-16)14-5-3-2-4-6-14/h2-10,13H,11-12H2,1H3,(H,19,21). The van der Waals surface area contributed by atoms with E-state index < -0.39 is 6.04 Å². The number of amides is 2. The van der Waals surface area contributed by atoms with Crippen molar-refractivity contribution in [3.63, 3.8) is 0 Å². The summed E-state index contributed by atoms with van der Waals surface area (Å²) in [5, 5.41) is 2.77. The predicted octanol–water partition coefficient (Wildman–Crippen LogP) is 2.31. The lowest BCUT2D eigenvalue weighted by Gasteiger charge is -2.32. The minimum atomic E-state index is -0.421. The molecule has 1 aliphatic rings. The highest BCUT2D eigenvalue weighted by molar-refractivity contribution is 5.98.